The van der Waals surface area contributed by atoms with Crippen LogP contribution in [0.4, 0.5) is 0 Å². The monoisotopic (exact) mass is 287 g/mol. The molecule has 8 nitrogen and oxygen atoms in total. The van der Waals surface area contributed by atoms with Gasteiger partial charge in [-0.3, -0.25) is 19.2 Å². The zero-order valence-corrected chi connectivity index (χ0v) is 11.6. The summed E-state index contributed by atoms with van der Waals surface area (Å²) in [5.41, 5.74) is -1.88. The van der Waals surface area contributed by atoms with Gasteiger partial charge < -0.3 is 9.47 Å². The lowest BCUT2D eigenvalue weighted by molar-refractivity contribution is -0.240. The standard InChI is InChI=1S/C12H17NO7/c1-4-19-8(14)6-7-12(11(17)20-5-2)9(15)10(16)13(12)18-3/h4-7H2,1-3H3/t12-/m1/s1. The summed E-state index contributed by atoms with van der Waals surface area (Å²) in [7, 11) is 1.16. The van der Waals surface area contributed by atoms with Crippen LogP contribution in [-0.2, 0) is 33.5 Å². The Balaban J connectivity index is 2.91. The molecule has 112 valence electrons. The number of Topliss-reactive ketones (excluding diaryl/α,β-unsaturated/α-hetero) is 1. The molecule has 1 atom stereocenters. The number of esters is 2. The summed E-state index contributed by atoms with van der Waals surface area (Å²) in [4.78, 5) is 51.3. The highest BCUT2D eigenvalue weighted by Gasteiger charge is 2.67. The molecular weight excluding hydrogens is 270 g/mol. The summed E-state index contributed by atoms with van der Waals surface area (Å²) in [6, 6.07) is 0. The van der Waals surface area contributed by atoms with Gasteiger partial charge >= 0.3 is 17.8 Å². The third-order valence-corrected chi connectivity index (χ3v) is 2.89. The second kappa shape index (κ2) is 6.47. The molecule has 1 aliphatic rings. The van der Waals surface area contributed by atoms with Crippen LogP contribution in [0, 0.1) is 0 Å². The van der Waals surface area contributed by atoms with E-state index in [0.717, 1.165) is 7.11 Å². The highest BCUT2D eigenvalue weighted by Crippen LogP contribution is 2.34. The Bertz CT molecular complexity index is 434. The van der Waals surface area contributed by atoms with Crippen LogP contribution in [0.15, 0.2) is 0 Å². The Morgan fingerprint density at radius 3 is 2.25 bits per heavy atom. The number of carbonyl (C=O) groups excluding carboxylic acids is 4. The Morgan fingerprint density at radius 2 is 1.75 bits per heavy atom. The highest BCUT2D eigenvalue weighted by atomic mass is 16.7. The summed E-state index contributed by atoms with van der Waals surface area (Å²) >= 11 is 0. The van der Waals surface area contributed by atoms with E-state index in [2.05, 4.69) is 0 Å². The van der Waals surface area contributed by atoms with Gasteiger partial charge in [-0.05, 0) is 13.8 Å². The second-order valence-corrected chi connectivity index (χ2v) is 4.00. The second-order valence-electron chi connectivity index (χ2n) is 4.00. The van der Waals surface area contributed by atoms with Crippen molar-refractivity contribution in [2.24, 2.45) is 0 Å². The lowest BCUT2D eigenvalue weighted by Crippen LogP contribution is -2.75. The molecule has 8 heteroatoms. The van der Waals surface area contributed by atoms with Crippen LogP contribution in [0.2, 0.25) is 0 Å². The first-order valence-electron chi connectivity index (χ1n) is 6.21. The lowest BCUT2D eigenvalue weighted by atomic mass is 9.80. The normalized spacial score (nSPS) is 21.4. The molecule has 0 aromatic heterocycles. The third-order valence-electron chi connectivity index (χ3n) is 2.89. The van der Waals surface area contributed by atoms with E-state index in [9.17, 15) is 19.2 Å². The predicted octanol–water partition coefficient (Wildman–Crippen LogP) is -0.396. The van der Waals surface area contributed by atoms with Crippen molar-refractivity contribution in [3.63, 3.8) is 0 Å². The molecule has 20 heavy (non-hydrogen) atoms. The van der Waals surface area contributed by atoms with Gasteiger partial charge in [-0.2, -0.15) is 5.06 Å². The van der Waals surface area contributed by atoms with E-state index in [1.807, 2.05) is 0 Å². The number of ketones is 1. The van der Waals surface area contributed by atoms with Crippen molar-refractivity contribution >= 4 is 23.6 Å². The molecule has 0 aromatic rings. The third kappa shape index (κ3) is 2.51. The predicted molar refractivity (Wildman–Crippen MR) is 64.1 cm³/mol. The van der Waals surface area contributed by atoms with Crippen molar-refractivity contribution in [1.82, 2.24) is 5.06 Å². The zero-order valence-electron chi connectivity index (χ0n) is 11.6. The van der Waals surface area contributed by atoms with E-state index in [1.165, 1.54) is 0 Å². The average molecular weight is 287 g/mol. The van der Waals surface area contributed by atoms with E-state index in [0.29, 0.717) is 5.06 Å². The van der Waals surface area contributed by atoms with Gasteiger partial charge in [-0.1, -0.05) is 0 Å². The molecule has 0 aliphatic carbocycles. The van der Waals surface area contributed by atoms with Gasteiger partial charge in [0.1, 0.15) is 0 Å². The largest absolute Gasteiger partial charge is 0.466 e. The summed E-state index contributed by atoms with van der Waals surface area (Å²) in [6.07, 6.45) is -0.436. The molecule has 0 radical (unpaired) electrons. The van der Waals surface area contributed by atoms with E-state index in [4.69, 9.17) is 14.3 Å². The van der Waals surface area contributed by atoms with Gasteiger partial charge in [0.05, 0.1) is 20.3 Å². The van der Waals surface area contributed by atoms with Crippen LogP contribution in [0.25, 0.3) is 0 Å². The SMILES string of the molecule is CCOC(=O)CC[C@]1(C(=O)OCC)C(=O)C(=O)N1OC. The molecule has 0 N–H and O–H groups in total. The molecule has 1 aliphatic heterocycles. The number of β-lactam (4-membered cyclic amide) rings is 1. The Hall–Kier alpha value is -1.96. The first kappa shape index (κ1) is 16.1. The number of hydrogen-bond acceptors (Lipinski definition) is 7. The maximum Gasteiger partial charge on any atom is 0.343 e. The zero-order chi connectivity index (χ0) is 15.3. The Labute approximate surface area is 115 Å². The van der Waals surface area contributed by atoms with Crippen LogP contribution in [-0.4, -0.2) is 54.6 Å². The minimum atomic E-state index is -1.88. The molecule has 1 heterocycles. The fourth-order valence-electron chi connectivity index (χ4n) is 1.98. The van der Waals surface area contributed by atoms with Gasteiger partial charge in [0, 0.05) is 12.8 Å². The smallest absolute Gasteiger partial charge is 0.343 e. The van der Waals surface area contributed by atoms with Gasteiger partial charge in [-0.15, -0.1) is 0 Å². The minimum Gasteiger partial charge on any atom is -0.466 e. The van der Waals surface area contributed by atoms with Crippen LogP contribution in [0.5, 0.6) is 0 Å². The molecule has 0 aromatic carbocycles. The van der Waals surface area contributed by atoms with Crippen molar-refractivity contribution in [3.05, 3.63) is 0 Å². The number of amides is 1. The first-order valence-corrected chi connectivity index (χ1v) is 6.21. The number of nitrogens with zero attached hydrogens (tertiary/aromatic N) is 1. The van der Waals surface area contributed by atoms with Gasteiger partial charge in [-0.25, -0.2) is 4.79 Å². The summed E-state index contributed by atoms with van der Waals surface area (Å²) in [5.74, 6) is -3.36. The molecule has 0 spiro atoms. The summed E-state index contributed by atoms with van der Waals surface area (Å²) < 4.78 is 9.54. The fraction of sp³-hybridized carbons (Fsp3) is 0.667. The van der Waals surface area contributed by atoms with Crippen LogP contribution >= 0.6 is 0 Å². The highest BCUT2D eigenvalue weighted by molar-refractivity contribution is 6.51. The summed E-state index contributed by atoms with van der Waals surface area (Å²) in [5, 5.41) is 0.645. The summed E-state index contributed by atoms with van der Waals surface area (Å²) in [6.45, 7) is 3.43. The molecule has 1 rings (SSSR count). The van der Waals surface area contributed by atoms with Gasteiger partial charge in [0.15, 0.2) is 0 Å². The number of hydrogen-bond donors (Lipinski definition) is 0. The quantitative estimate of drug-likeness (QED) is 0.272. The number of carbonyl (C=O) groups is 4. The topological polar surface area (TPSA) is 99.2 Å². The molecule has 0 bridgehead atoms. The molecule has 1 saturated heterocycles. The van der Waals surface area contributed by atoms with Crippen molar-refractivity contribution in [1.29, 1.82) is 0 Å². The van der Waals surface area contributed by atoms with Crippen molar-refractivity contribution in [2.45, 2.75) is 32.2 Å². The Kier molecular flexibility index (Phi) is 5.20. The molecular formula is C12H17NO7. The number of ether oxygens (including phenoxy) is 2. The lowest BCUT2D eigenvalue weighted by Gasteiger charge is -2.44. The maximum atomic E-state index is 12.0. The van der Waals surface area contributed by atoms with E-state index in [-0.39, 0.29) is 26.1 Å². The van der Waals surface area contributed by atoms with Crippen LogP contribution in [0.1, 0.15) is 26.7 Å². The minimum absolute atomic E-state index is 0.0407. The number of rotatable bonds is 7. The molecule has 0 unspecified atom stereocenters. The first-order chi connectivity index (χ1) is 9.45. The van der Waals surface area contributed by atoms with Gasteiger partial charge in [0.2, 0.25) is 5.54 Å². The molecule has 0 saturated carbocycles. The molecule has 1 fully saturated rings. The van der Waals surface area contributed by atoms with Gasteiger partial charge in [0.25, 0.3) is 5.78 Å². The van der Waals surface area contributed by atoms with Crippen molar-refractivity contribution in [2.75, 3.05) is 20.3 Å². The van der Waals surface area contributed by atoms with E-state index >= 15 is 0 Å². The van der Waals surface area contributed by atoms with Crippen molar-refractivity contribution in [3.8, 4) is 0 Å². The maximum absolute atomic E-state index is 12.0. The number of hydroxylamine groups is 2. The van der Waals surface area contributed by atoms with Crippen LogP contribution < -0.4 is 0 Å². The average Bonchev–Trinajstić information content (AvgIpc) is 2.42. The van der Waals surface area contributed by atoms with E-state index < -0.39 is 29.2 Å². The Morgan fingerprint density at radius 1 is 1.15 bits per heavy atom. The van der Waals surface area contributed by atoms with Crippen molar-refractivity contribution < 1.29 is 33.5 Å². The molecule has 1 amide bonds. The van der Waals surface area contributed by atoms with Crippen LogP contribution in [0.3, 0.4) is 0 Å². The van der Waals surface area contributed by atoms with E-state index in [1.54, 1.807) is 13.8 Å². The fourth-order valence-corrected chi connectivity index (χ4v) is 1.98.